The van der Waals surface area contributed by atoms with Gasteiger partial charge in [-0.2, -0.15) is 0 Å². The highest BCUT2D eigenvalue weighted by Gasteiger charge is 2.33. The summed E-state index contributed by atoms with van der Waals surface area (Å²) in [5.74, 6) is -0.769. The molecule has 0 unspecified atom stereocenters. The van der Waals surface area contributed by atoms with Gasteiger partial charge in [0.1, 0.15) is 6.04 Å². The van der Waals surface area contributed by atoms with Crippen LogP contribution in [-0.2, 0) is 27.1 Å². The summed E-state index contributed by atoms with van der Waals surface area (Å²) in [6.45, 7) is 1.42. The smallest absolute Gasteiger partial charge is 0.407 e. The highest BCUT2D eigenvalue weighted by atomic mass is 16.5. The molecule has 0 bridgehead atoms. The van der Waals surface area contributed by atoms with Gasteiger partial charge in [0.25, 0.3) is 0 Å². The number of para-hydroxylation sites is 2. The third-order valence-electron chi connectivity index (χ3n) is 8.39. The molecule has 5 rings (SSSR count). The summed E-state index contributed by atoms with van der Waals surface area (Å²) in [5.41, 5.74) is 11.6. The maximum Gasteiger partial charge on any atom is 0.407 e. The molecule has 2 amide bonds. The van der Waals surface area contributed by atoms with E-state index >= 15 is 0 Å². The van der Waals surface area contributed by atoms with Gasteiger partial charge in [-0.3, -0.25) is 4.79 Å². The Hall–Kier alpha value is -4.66. The van der Waals surface area contributed by atoms with Crippen LogP contribution in [0.1, 0.15) is 41.0 Å². The second kappa shape index (κ2) is 15.9. The molecule has 1 fully saturated rings. The van der Waals surface area contributed by atoms with Crippen LogP contribution in [0.25, 0.3) is 0 Å². The Balaban J connectivity index is 1.24. The summed E-state index contributed by atoms with van der Waals surface area (Å²) in [6.07, 6.45) is 2.80. The van der Waals surface area contributed by atoms with Gasteiger partial charge in [0, 0.05) is 29.9 Å². The van der Waals surface area contributed by atoms with Crippen molar-refractivity contribution in [3.8, 4) is 0 Å². The average Bonchev–Trinajstić information content (AvgIpc) is 3.08. The van der Waals surface area contributed by atoms with Crippen LogP contribution in [0.2, 0.25) is 0 Å². The zero-order chi connectivity index (χ0) is 31.4. The van der Waals surface area contributed by atoms with E-state index < -0.39 is 18.1 Å². The van der Waals surface area contributed by atoms with E-state index in [-0.39, 0.29) is 18.1 Å². The van der Waals surface area contributed by atoms with Crippen molar-refractivity contribution in [2.45, 2.75) is 49.8 Å². The number of nitrogens with one attached hydrogen (secondary N) is 3. The number of benzene rings is 4. The molecular formula is C37H42N4O4. The third kappa shape index (κ3) is 8.71. The number of amides is 2. The van der Waals surface area contributed by atoms with Gasteiger partial charge in [-0.15, -0.1) is 0 Å². The lowest BCUT2D eigenvalue weighted by Gasteiger charge is -2.31. The number of methoxy groups -OCH3 is 1. The highest BCUT2D eigenvalue weighted by Crippen LogP contribution is 2.30. The molecule has 1 saturated heterocycles. The zero-order valence-electron chi connectivity index (χ0n) is 25.7. The van der Waals surface area contributed by atoms with E-state index in [1.54, 1.807) is 0 Å². The Morgan fingerprint density at radius 3 is 2.07 bits per heavy atom. The van der Waals surface area contributed by atoms with Gasteiger partial charge in [-0.05, 0) is 60.1 Å². The van der Waals surface area contributed by atoms with Crippen molar-refractivity contribution in [3.63, 3.8) is 0 Å². The number of carbonyl (C=O) groups is 2. The molecule has 0 aliphatic carbocycles. The number of hydrogen-bond donors (Lipinski definition) is 4. The first-order valence-corrected chi connectivity index (χ1v) is 15.5. The molecule has 1 aliphatic heterocycles. The fourth-order valence-electron chi connectivity index (χ4n) is 5.90. The predicted octanol–water partition coefficient (Wildman–Crippen LogP) is 5.69. The lowest BCUT2D eigenvalue weighted by molar-refractivity contribution is -0.118. The summed E-state index contributed by atoms with van der Waals surface area (Å²) < 4.78 is 11.2. The van der Waals surface area contributed by atoms with Gasteiger partial charge in [0.2, 0.25) is 5.91 Å². The fraction of sp³-hybridized carbons (Fsp3) is 0.297. The molecule has 45 heavy (non-hydrogen) atoms. The van der Waals surface area contributed by atoms with Gasteiger partial charge in [-0.1, -0.05) is 97.1 Å². The number of carbonyl (C=O) groups excluding carboxylic acids is 2. The van der Waals surface area contributed by atoms with Gasteiger partial charge in [-0.25, -0.2) is 4.79 Å². The molecule has 0 radical (unpaired) electrons. The zero-order valence-corrected chi connectivity index (χ0v) is 25.7. The molecular weight excluding hydrogens is 564 g/mol. The molecule has 4 aromatic rings. The molecule has 234 valence electrons. The minimum Gasteiger partial charge on any atom is -0.453 e. The average molecular weight is 607 g/mol. The molecule has 3 atom stereocenters. The maximum absolute atomic E-state index is 14.0. The van der Waals surface area contributed by atoms with Gasteiger partial charge < -0.3 is 31.2 Å². The van der Waals surface area contributed by atoms with E-state index in [4.69, 9.17) is 15.2 Å². The molecule has 1 aliphatic rings. The van der Waals surface area contributed by atoms with Crippen molar-refractivity contribution in [1.29, 1.82) is 0 Å². The first-order valence-electron chi connectivity index (χ1n) is 15.5. The normalized spacial score (nSPS) is 16.9. The molecule has 8 heteroatoms. The van der Waals surface area contributed by atoms with Crippen LogP contribution >= 0.6 is 0 Å². The number of nitrogen functional groups attached to an aromatic ring is 1. The monoisotopic (exact) mass is 606 g/mol. The van der Waals surface area contributed by atoms with Crippen LogP contribution in [0, 0.1) is 0 Å². The summed E-state index contributed by atoms with van der Waals surface area (Å²) >= 11 is 0. The summed E-state index contributed by atoms with van der Waals surface area (Å²) in [4.78, 5) is 26.5. The van der Waals surface area contributed by atoms with Gasteiger partial charge >= 0.3 is 6.09 Å². The third-order valence-corrected chi connectivity index (χ3v) is 8.39. The van der Waals surface area contributed by atoms with Crippen LogP contribution < -0.4 is 21.7 Å². The number of hydrogen-bond acceptors (Lipinski definition) is 6. The maximum atomic E-state index is 14.0. The quantitative estimate of drug-likeness (QED) is 0.154. The van der Waals surface area contributed by atoms with E-state index in [1.165, 1.54) is 12.7 Å². The van der Waals surface area contributed by atoms with E-state index in [0.29, 0.717) is 12.3 Å². The Morgan fingerprint density at radius 1 is 0.844 bits per heavy atom. The minimum atomic E-state index is -0.927. The molecule has 4 aromatic carbocycles. The first kappa shape index (κ1) is 31.8. The van der Waals surface area contributed by atoms with E-state index in [0.717, 1.165) is 54.6 Å². The topological polar surface area (TPSA) is 115 Å². The first-order chi connectivity index (χ1) is 22.0. The molecule has 0 saturated carbocycles. The number of nitrogens with two attached hydrogens (primary N) is 1. The van der Waals surface area contributed by atoms with Gasteiger partial charge in [0.05, 0.1) is 19.8 Å². The largest absolute Gasteiger partial charge is 0.453 e. The van der Waals surface area contributed by atoms with Crippen LogP contribution in [0.15, 0.2) is 109 Å². The number of morpholine rings is 1. The van der Waals surface area contributed by atoms with Crippen molar-refractivity contribution in [3.05, 3.63) is 131 Å². The van der Waals surface area contributed by atoms with Crippen molar-refractivity contribution in [2.75, 3.05) is 31.3 Å². The molecule has 5 N–H and O–H groups in total. The minimum absolute atomic E-state index is 0.0704. The summed E-state index contributed by atoms with van der Waals surface area (Å²) in [6, 6.07) is 34.6. The van der Waals surface area contributed by atoms with E-state index in [1.807, 2.05) is 103 Å². The van der Waals surface area contributed by atoms with Crippen LogP contribution in [-0.4, -0.2) is 50.4 Å². The molecule has 8 nitrogen and oxygen atoms in total. The number of aryl methyl sites for hydroxylation is 2. The standard InChI is InChI=1S/C37H42N4O4/c1-44-37(43)41-35(34(28-14-4-2-5-15-28)29-16-6-3-7-17-29)36(42)40-33-19-11-9-13-27(33)21-23-31-24-39-30(25-45-31)22-20-26-12-8-10-18-32(26)38/h2-19,30-31,34-35,39H,20-25,38H2,1H3,(H,40,42)(H,41,43)/t30-,31-,35+/m1/s1. The van der Waals surface area contributed by atoms with E-state index in [2.05, 4.69) is 22.0 Å². The Bertz CT molecular complexity index is 1480. The molecule has 0 aromatic heterocycles. The fourth-order valence-corrected chi connectivity index (χ4v) is 5.90. The lowest BCUT2D eigenvalue weighted by atomic mass is 9.84. The lowest BCUT2D eigenvalue weighted by Crippen LogP contribution is -2.48. The van der Waals surface area contributed by atoms with Crippen molar-refractivity contribution in [2.24, 2.45) is 0 Å². The predicted molar refractivity (Wildman–Crippen MR) is 178 cm³/mol. The highest BCUT2D eigenvalue weighted by molar-refractivity contribution is 5.98. The molecule has 0 spiro atoms. The van der Waals surface area contributed by atoms with E-state index in [9.17, 15) is 9.59 Å². The second-order valence-electron chi connectivity index (χ2n) is 11.4. The Kier molecular flexibility index (Phi) is 11.2. The molecule has 1 heterocycles. The number of alkyl carbamates (subject to hydrolysis) is 1. The number of ether oxygens (including phenoxy) is 2. The number of anilines is 2. The van der Waals surface area contributed by atoms with Crippen LogP contribution in [0.4, 0.5) is 16.2 Å². The second-order valence-corrected chi connectivity index (χ2v) is 11.4. The van der Waals surface area contributed by atoms with Gasteiger partial charge in [0.15, 0.2) is 0 Å². The van der Waals surface area contributed by atoms with Crippen molar-refractivity contribution < 1.29 is 19.1 Å². The summed E-state index contributed by atoms with van der Waals surface area (Å²) in [5, 5.41) is 9.56. The summed E-state index contributed by atoms with van der Waals surface area (Å²) in [7, 11) is 1.29. The van der Waals surface area contributed by atoms with Crippen molar-refractivity contribution >= 4 is 23.4 Å². The Labute approximate surface area is 265 Å². The van der Waals surface area contributed by atoms with Crippen molar-refractivity contribution in [1.82, 2.24) is 10.6 Å². The van der Waals surface area contributed by atoms with Crippen LogP contribution in [0.3, 0.4) is 0 Å². The Morgan fingerprint density at radius 2 is 1.44 bits per heavy atom. The SMILES string of the molecule is COC(=O)N[C@H](C(=O)Nc1ccccc1CC[C@@H]1CN[C@H](CCc2ccccc2N)CO1)C(c1ccccc1)c1ccccc1. The van der Waals surface area contributed by atoms with Crippen LogP contribution in [0.5, 0.6) is 0 Å². The number of rotatable bonds is 12.